The number of piperidine rings is 1. The maximum Gasteiger partial charge on any atom is 0.253 e. The average molecular weight is 456 g/mol. The molecular weight excluding hydrogens is 420 g/mol. The summed E-state index contributed by atoms with van der Waals surface area (Å²) < 4.78 is 26.3. The maximum absolute atomic E-state index is 13.3. The lowest BCUT2D eigenvalue weighted by Crippen LogP contribution is -2.48. The van der Waals surface area contributed by atoms with Crippen LogP contribution in [0.5, 0.6) is 0 Å². The largest absolute Gasteiger partial charge is 0.339 e. The van der Waals surface area contributed by atoms with E-state index in [1.807, 2.05) is 50.2 Å². The first kappa shape index (κ1) is 26.5. The minimum Gasteiger partial charge on any atom is -0.339 e. The van der Waals surface area contributed by atoms with Crippen molar-refractivity contribution in [2.75, 3.05) is 13.1 Å². The van der Waals surface area contributed by atoms with E-state index < -0.39 is 11.6 Å². The topological polar surface area (TPSA) is 56.1 Å². The van der Waals surface area contributed by atoms with Crippen LogP contribution in [0.2, 0.25) is 0 Å². The van der Waals surface area contributed by atoms with E-state index in [1.54, 1.807) is 4.90 Å². The molecule has 1 saturated heterocycles. The first-order valence-electron chi connectivity index (χ1n) is 12.0. The van der Waals surface area contributed by atoms with Crippen molar-refractivity contribution in [3.05, 3.63) is 71.8 Å². The van der Waals surface area contributed by atoms with Crippen LogP contribution >= 0.6 is 0 Å². The van der Waals surface area contributed by atoms with Crippen LogP contribution in [0.25, 0.3) is 0 Å². The second kappa shape index (κ2) is 14.4. The van der Waals surface area contributed by atoms with Crippen molar-refractivity contribution < 1.29 is 13.6 Å². The Kier molecular flexibility index (Phi) is 11.5. The SMILES string of the molecule is CC.N#CC1CCC(NC2CCN(C(=O)c3ccc(F)c(F)c3)CC2)CC1.c1ccccc1. The predicted octanol–water partition coefficient (Wildman–Crippen LogP) is 5.95. The maximum atomic E-state index is 13.3. The fraction of sp³-hybridized carbons (Fsp3) is 0.481. The molecule has 2 aromatic rings. The first-order chi connectivity index (χ1) is 16.1. The lowest BCUT2D eigenvalue weighted by atomic mass is 9.86. The summed E-state index contributed by atoms with van der Waals surface area (Å²) in [6.07, 6.45) is 5.70. The van der Waals surface area contributed by atoms with E-state index >= 15 is 0 Å². The molecule has 1 aliphatic carbocycles. The number of carbonyl (C=O) groups is 1. The van der Waals surface area contributed by atoms with Crippen molar-refractivity contribution in [2.45, 2.75) is 64.5 Å². The van der Waals surface area contributed by atoms with Gasteiger partial charge in [0.05, 0.1) is 6.07 Å². The first-order valence-corrected chi connectivity index (χ1v) is 12.0. The van der Waals surface area contributed by atoms with Gasteiger partial charge >= 0.3 is 0 Å². The van der Waals surface area contributed by atoms with Crippen LogP contribution in [-0.2, 0) is 0 Å². The Morgan fingerprint density at radius 1 is 0.879 bits per heavy atom. The Hall–Kier alpha value is -2.78. The number of nitrogens with zero attached hydrogens (tertiary/aromatic N) is 2. The van der Waals surface area contributed by atoms with Crippen LogP contribution in [0.1, 0.15) is 62.7 Å². The van der Waals surface area contributed by atoms with Gasteiger partial charge in [-0.1, -0.05) is 50.2 Å². The van der Waals surface area contributed by atoms with Gasteiger partial charge in [0, 0.05) is 36.7 Å². The summed E-state index contributed by atoms with van der Waals surface area (Å²) in [6, 6.07) is 18.5. The van der Waals surface area contributed by atoms with Crippen LogP contribution < -0.4 is 5.32 Å². The molecule has 6 heteroatoms. The zero-order chi connectivity index (χ0) is 24.1. The molecule has 0 unspecified atom stereocenters. The second-order valence-corrected chi connectivity index (χ2v) is 8.19. The minimum atomic E-state index is -0.990. The van der Waals surface area contributed by atoms with Crippen LogP contribution in [0.3, 0.4) is 0 Å². The summed E-state index contributed by atoms with van der Waals surface area (Å²) in [5, 5.41) is 12.6. The molecule has 0 atom stereocenters. The molecule has 0 bridgehead atoms. The average Bonchev–Trinajstić information content (AvgIpc) is 2.89. The Bertz CT molecular complexity index is 842. The number of hydrogen-bond acceptors (Lipinski definition) is 3. The normalized spacial score (nSPS) is 20.4. The highest BCUT2D eigenvalue weighted by Gasteiger charge is 2.27. The van der Waals surface area contributed by atoms with Gasteiger partial charge in [-0.25, -0.2) is 8.78 Å². The summed E-state index contributed by atoms with van der Waals surface area (Å²) in [7, 11) is 0. The molecule has 33 heavy (non-hydrogen) atoms. The number of rotatable bonds is 3. The summed E-state index contributed by atoms with van der Waals surface area (Å²) in [4.78, 5) is 14.1. The Morgan fingerprint density at radius 3 is 1.88 bits per heavy atom. The molecule has 2 aliphatic rings. The van der Waals surface area contributed by atoms with Gasteiger partial charge in [0.1, 0.15) is 0 Å². The third-order valence-corrected chi connectivity index (χ3v) is 6.00. The number of benzene rings is 2. The summed E-state index contributed by atoms with van der Waals surface area (Å²) in [5.74, 6) is -1.97. The molecule has 0 aromatic heterocycles. The number of likely N-dealkylation sites (tertiary alicyclic amines) is 1. The number of nitriles is 1. The summed E-state index contributed by atoms with van der Waals surface area (Å²) in [5.41, 5.74) is 0.195. The standard InChI is InChI=1S/C19H23F2N3O.C6H6.C2H6/c20-17-6-3-14(11-18(17)21)19(25)24-9-7-16(8-10-24)23-15-4-1-13(12-22)2-5-15;1-2-4-6-5-3-1;1-2/h3,6,11,13,15-16,23H,1-2,4-5,7-10H2;1-6H;1-2H3. The van der Waals surface area contributed by atoms with Gasteiger partial charge in [-0.2, -0.15) is 5.26 Å². The van der Waals surface area contributed by atoms with Gasteiger partial charge < -0.3 is 10.2 Å². The van der Waals surface area contributed by atoms with Gasteiger partial charge in [-0.15, -0.1) is 0 Å². The molecule has 1 N–H and O–H groups in total. The van der Waals surface area contributed by atoms with Crippen LogP contribution in [-0.4, -0.2) is 36.0 Å². The molecule has 2 fully saturated rings. The molecule has 0 spiro atoms. The quantitative estimate of drug-likeness (QED) is 0.622. The van der Waals surface area contributed by atoms with Gasteiger partial charge in [0.15, 0.2) is 11.6 Å². The molecule has 4 rings (SSSR count). The van der Waals surface area contributed by atoms with Crippen molar-refractivity contribution in [3.8, 4) is 6.07 Å². The summed E-state index contributed by atoms with van der Waals surface area (Å²) in [6.45, 7) is 5.23. The molecule has 1 amide bonds. The fourth-order valence-electron chi connectivity index (χ4n) is 4.17. The van der Waals surface area contributed by atoms with Crippen LogP contribution in [0.15, 0.2) is 54.6 Å². The number of halogens is 2. The van der Waals surface area contributed by atoms with Gasteiger partial charge in [0.2, 0.25) is 0 Å². The number of nitrogens with one attached hydrogen (secondary N) is 1. The van der Waals surface area contributed by atoms with E-state index in [2.05, 4.69) is 11.4 Å². The molecule has 1 saturated carbocycles. The highest BCUT2D eigenvalue weighted by atomic mass is 19.2. The summed E-state index contributed by atoms with van der Waals surface area (Å²) >= 11 is 0. The Labute approximate surface area is 196 Å². The monoisotopic (exact) mass is 455 g/mol. The highest BCUT2D eigenvalue weighted by molar-refractivity contribution is 5.94. The van der Waals surface area contributed by atoms with Crippen molar-refractivity contribution >= 4 is 5.91 Å². The predicted molar refractivity (Wildman–Crippen MR) is 128 cm³/mol. The minimum absolute atomic E-state index is 0.195. The smallest absolute Gasteiger partial charge is 0.253 e. The van der Waals surface area contributed by atoms with E-state index in [9.17, 15) is 13.6 Å². The lowest BCUT2D eigenvalue weighted by molar-refractivity contribution is 0.0698. The van der Waals surface area contributed by atoms with Gasteiger partial charge in [-0.3, -0.25) is 4.79 Å². The van der Waals surface area contributed by atoms with E-state index in [-0.39, 0.29) is 17.4 Å². The van der Waals surface area contributed by atoms with E-state index in [0.29, 0.717) is 25.2 Å². The molecular formula is C27H35F2N3O. The molecule has 178 valence electrons. The molecule has 1 heterocycles. The zero-order valence-corrected chi connectivity index (χ0v) is 19.6. The number of amides is 1. The lowest BCUT2D eigenvalue weighted by Gasteiger charge is -2.36. The van der Waals surface area contributed by atoms with Gasteiger partial charge in [0.25, 0.3) is 5.91 Å². The zero-order valence-electron chi connectivity index (χ0n) is 19.6. The van der Waals surface area contributed by atoms with Crippen LogP contribution in [0.4, 0.5) is 8.78 Å². The van der Waals surface area contributed by atoms with Crippen molar-refractivity contribution in [1.29, 1.82) is 5.26 Å². The van der Waals surface area contributed by atoms with E-state index in [0.717, 1.165) is 50.7 Å². The van der Waals surface area contributed by atoms with Crippen molar-refractivity contribution in [3.63, 3.8) is 0 Å². The Morgan fingerprint density at radius 2 is 1.39 bits per heavy atom. The molecule has 1 aliphatic heterocycles. The molecule has 0 radical (unpaired) electrons. The number of hydrogen-bond donors (Lipinski definition) is 1. The fourth-order valence-corrected chi connectivity index (χ4v) is 4.17. The van der Waals surface area contributed by atoms with Crippen LogP contribution in [0, 0.1) is 28.9 Å². The van der Waals surface area contributed by atoms with Gasteiger partial charge in [-0.05, 0) is 56.7 Å². The number of carbonyl (C=O) groups excluding carboxylic acids is 1. The van der Waals surface area contributed by atoms with Crippen molar-refractivity contribution in [1.82, 2.24) is 10.2 Å². The third-order valence-electron chi connectivity index (χ3n) is 6.00. The van der Waals surface area contributed by atoms with Crippen molar-refractivity contribution in [2.24, 2.45) is 5.92 Å². The molecule has 2 aromatic carbocycles. The second-order valence-electron chi connectivity index (χ2n) is 8.19. The molecule has 4 nitrogen and oxygen atoms in total. The Balaban J connectivity index is 0.000000411. The highest BCUT2D eigenvalue weighted by Crippen LogP contribution is 2.25. The third kappa shape index (κ3) is 8.58. The van der Waals surface area contributed by atoms with E-state index in [1.165, 1.54) is 6.07 Å². The van der Waals surface area contributed by atoms with E-state index in [4.69, 9.17) is 5.26 Å².